The average molecular weight is 309 g/mol. The molecule has 1 aromatic carbocycles. The number of allylic oxidation sites excluding steroid dienone is 1. The molecule has 0 spiro atoms. The number of hydrogen-bond donors (Lipinski definition) is 0. The third-order valence-electron chi connectivity index (χ3n) is 3.77. The van der Waals surface area contributed by atoms with Gasteiger partial charge in [0.15, 0.2) is 0 Å². The Hall–Kier alpha value is -1.66. The first-order valence-corrected chi connectivity index (χ1v) is 6.16. The highest BCUT2D eigenvalue weighted by molar-refractivity contribution is 5.48. The van der Waals surface area contributed by atoms with Gasteiger partial charge in [0.25, 0.3) is 5.92 Å². The molecule has 1 aromatic rings. The third kappa shape index (κ3) is 2.28. The summed E-state index contributed by atoms with van der Waals surface area (Å²) < 4.78 is 78.8. The molecule has 0 saturated heterocycles. The maximum Gasteiger partial charge on any atom is 0.305 e. The molecule has 7 heteroatoms. The lowest BCUT2D eigenvalue weighted by Gasteiger charge is -2.48. The lowest BCUT2D eigenvalue weighted by Crippen LogP contribution is -2.60. The summed E-state index contributed by atoms with van der Waals surface area (Å²) in [5.74, 6) is -8.46. The molecule has 0 unspecified atom stereocenters. The van der Waals surface area contributed by atoms with Crippen molar-refractivity contribution in [3.8, 4) is 0 Å². The summed E-state index contributed by atoms with van der Waals surface area (Å²) in [7, 11) is 3.49. The van der Waals surface area contributed by atoms with Crippen molar-refractivity contribution in [2.24, 2.45) is 0 Å². The summed E-state index contributed by atoms with van der Waals surface area (Å²) in [6, 6.07) is 5.74. The Morgan fingerprint density at radius 3 is 1.95 bits per heavy atom. The number of anilines is 1. The zero-order valence-electron chi connectivity index (χ0n) is 11.3. The number of benzene rings is 1. The smallest absolute Gasteiger partial charge is 0.305 e. The molecule has 116 valence electrons. The van der Waals surface area contributed by atoms with Crippen LogP contribution in [0.2, 0.25) is 0 Å². The quantitative estimate of drug-likeness (QED) is 0.734. The molecule has 21 heavy (non-hydrogen) atoms. The fourth-order valence-electron chi connectivity index (χ4n) is 2.47. The molecule has 0 bridgehead atoms. The molecule has 0 radical (unpaired) electrons. The van der Waals surface area contributed by atoms with E-state index in [2.05, 4.69) is 0 Å². The van der Waals surface area contributed by atoms with Crippen LogP contribution in [-0.2, 0) is 0 Å². The number of nitrogens with zero attached hydrogens (tertiary/aromatic N) is 1. The SMILES string of the molecule is CN(C)c1ccc([C@@H]2CC(F)(F)[C@]2(F)C(F)=C(F)F)cc1. The molecule has 0 heterocycles. The highest BCUT2D eigenvalue weighted by atomic mass is 19.3. The largest absolute Gasteiger partial charge is 0.378 e. The molecule has 1 saturated carbocycles. The van der Waals surface area contributed by atoms with Gasteiger partial charge in [-0.1, -0.05) is 12.1 Å². The lowest BCUT2D eigenvalue weighted by molar-refractivity contribution is -0.216. The number of rotatable bonds is 3. The molecule has 0 aliphatic heterocycles. The van der Waals surface area contributed by atoms with Gasteiger partial charge < -0.3 is 4.90 Å². The van der Waals surface area contributed by atoms with Crippen LogP contribution in [0.15, 0.2) is 36.2 Å². The summed E-state index contributed by atoms with van der Waals surface area (Å²) in [5.41, 5.74) is -3.20. The summed E-state index contributed by atoms with van der Waals surface area (Å²) in [5, 5.41) is 0. The Labute approximate surface area is 117 Å². The zero-order chi connectivity index (χ0) is 16.0. The molecule has 2 rings (SSSR count). The van der Waals surface area contributed by atoms with E-state index in [1.807, 2.05) is 0 Å². The topological polar surface area (TPSA) is 3.24 Å². The predicted molar refractivity (Wildman–Crippen MR) is 67.3 cm³/mol. The number of hydrogen-bond acceptors (Lipinski definition) is 1. The molecule has 1 aliphatic rings. The van der Waals surface area contributed by atoms with Gasteiger partial charge in [-0.15, -0.1) is 0 Å². The highest BCUT2D eigenvalue weighted by Gasteiger charge is 2.74. The summed E-state index contributed by atoms with van der Waals surface area (Å²) in [6.45, 7) is 0. The minimum Gasteiger partial charge on any atom is -0.378 e. The average Bonchev–Trinajstić information content (AvgIpc) is 2.43. The van der Waals surface area contributed by atoms with Gasteiger partial charge in [-0.05, 0) is 17.7 Å². The Morgan fingerprint density at radius 2 is 1.57 bits per heavy atom. The second-order valence-corrected chi connectivity index (χ2v) is 5.23. The molecule has 0 amide bonds. The first-order chi connectivity index (χ1) is 9.61. The van der Waals surface area contributed by atoms with E-state index in [0.717, 1.165) is 5.69 Å². The van der Waals surface area contributed by atoms with Crippen molar-refractivity contribution < 1.29 is 26.3 Å². The Kier molecular flexibility index (Phi) is 3.71. The van der Waals surface area contributed by atoms with E-state index in [0.29, 0.717) is 0 Å². The van der Waals surface area contributed by atoms with E-state index in [4.69, 9.17) is 0 Å². The monoisotopic (exact) mass is 309 g/mol. The van der Waals surface area contributed by atoms with Gasteiger partial charge in [0.1, 0.15) is 0 Å². The maximum atomic E-state index is 14.3. The minimum atomic E-state index is -4.15. The fraction of sp³-hybridized carbons (Fsp3) is 0.429. The van der Waals surface area contributed by atoms with E-state index in [9.17, 15) is 26.3 Å². The van der Waals surface area contributed by atoms with Crippen LogP contribution in [0, 0.1) is 0 Å². The van der Waals surface area contributed by atoms with E-state index < -0.39 is 35.8 Å². The molecule has 1 nitrogen and oxygen atoms in total. The van der Waals surface area contributed by atoms with Crippen molar-refractivity contribution in [1.29, 1.82) is 0 Å². The number of halogens is 6. The van der Waals surface area contributed by atoms with Crippen LogP contribution in [0.1, 0.15) is 17.9 Å². The molecule has 0 aromatic heterocycles. The van der Waals surface area contributed by atoms with Crippen molar-refractivity contribution in [3.63, 3.8) is 0 Å². The maximum absolute atomic E-state index is 14.3. The third-order valence-corrected chi connectivity index (χ3v) is 3.77. The number of alkyl halides is 3. The first kappa shape index (κ1) is 15.7. The summed E-state index contributed by atoms with van der Waals surface area (Å²) in [6.07, 6.45) is -4.06. The van der Waals surface area contributed by atoms with Gasteiger partial charge in [-0.2, -0.15) is 8.78 Å². The minimum absolute atomic E-state index is 0.0606. The fourth-order valence-corrected chi connectivity index (χ4v) is 2.47. The van der Waals surface area contributed by atoms with Crippen molar-refractivity contribution in [2.45, 2.75) is 23.9 Å². The van der Waals surface area contributed by atoms with Crippen LogP contribution in [0.5, 0.6) is 0 Å². The summed E-state index contributed by atoms with van der Waals surface area (Å²) >= 11 is 0. The lowest BCUT2D eigenvalue weighted by atomic mass is 9.63. The van der Waals surface area contributed by atoms with E-state index in [1.165, 1.54) is 24.3 Å². The normalized spacial score (nSPS) is 27.0. The van der Waals surface area contributed by atoms with E-state index in [1.54, 1.807) is 19.0 Å². The van der Waals surface area contributed by atoms with Crippen molar-refractivity contribution >= 4 is 5.69 Å². The second kappa shape index (κ2) is 4.96. The van der Waals surface area contributed by atoms with E-state index in [-0.39, 0.29) is 5.56 Å². The summed E-state index contributed by atoms with van der Waals surface area (Å²) in [4.78, 5) is 1.73. The molecule has 1 fully saturated rings. The van der Waals surface area contributed by atoms with E-state index >= 15 is 0 Å². The molecular formula is C14H13F6N. The van der Waals surface area contributed by atoms with Gasteiger partial charge in [0.05, 0.1) is 0 Å². The van der Waals surface area contributed by atoms with Crippen LogP contribution in [0.3, 0.4) is 0 Å². The first-order valence-electron chi connectivity index (χ1n) is 6.16. The zero-order valence-corrected chi connectivity index (χ0v) is 11.3. The van der Waals surface area contributed by atoms with Crippen LogP contribution < -0.4 is 4.90 Å². The Balaban J connectivity index is 2.39. The second-order valence-electron chi connectivity index (χ2n) is 5.23. The highest BCUT2D eigenvalue weighted by Crippen LogP contribution is 2.63. The van der Waals surface area contributed by atoms with Crippen LogP contribution in [0.25, 0.3) is 0 Å². The van der Waals surface area contributed by atoms with Crippen LogP contribution in [0.4, 0.5) is 32.0 Å². The van der Waals surface area contributed by atoms with Gasteiger partial charge in [0.2, 0.25) is 11.5 Å². The Morgan fingerprint density at radius 1 is 1.05 bits per heavy atom. The molecule has 0 N–H and O–H groups in total. The Bertz CT molecular complexity index is 561. The van der Waals surface area contributed by atoms with Crippen molar-refractivity contribution in [1.82, 2.24) is 0 Å². The molecular weight excluding hydrogens is 296 g/mol. The van der Waals surface area contributed by atoms with Gasteiger partial charge in [-0.25, -0.2) is 17.6 Å². The molecule has 2 atom stereocenters. The standard InChI is InChI=1S/C14H13F6N/c1-21(2)9-5-3-8(4-6-9)10-7-13(18,19)14(10,20)11(15)12(16)17/h3-6,10H,7H2,1-2H3/t10-,14+/m0/s1. The van der Waals surface area contributed by atoms with Gasteiger partial charge in [-0.3, -0.25) is 0 Å². The van der Waals surface area contributed by atoms with Gasteiger partial charge >= 0.3 is 6.08 Å². The van der Waals surface area contributed by atoms with Crippen LogP contribution >= 0.6 is 0 Å². The molecule has 1 aliphatic carbocycles. The van der Waals surface area contributed by atoms with Crippen molar-refractivity contribution in [3.05, 3.63) is 41.7 Å². The predicted octanol–water partition coefficient (Wildman–Crippen LogP) is 4.66. The van der Waals surface area contributed by atoms with Crippen molar-refractivity contribution in [2.75, 3.05) is 19.0 Å². The van der Waals surface area contributed by atoms with Gasteiger partial charge in [0, 0.05) is 32.1 Å². The van der Waals surface area contributed by atoms with Crippen LogP contribution in [-0.4, -0.2) is 25.7 Å².